The van der Waals surface area contributed by atoms with Gasteiger partial charge in [0.1, 0.15) is 18.1 Å². The van der Waals surface area contributed by atoms with E-state index in [0.29, 0.717) is 23.0 Å². The van der Waals surface area contributed by atoms with Gasteiger partial charge in [-0.2, -0.15) is 13.2 Å². The molecule has 2 aliphatic rings. The molecule has 0 bridgehead atoms. The summed E-state index contributed by atoms with van der Waals surface area (Å²) in [6, 6.07) is 7.88. The first-order chi connectivity index (χ1) is 17.7. The number of fused-ring (bicyclic) bond motifs is 1. The molecular weight excluding hydrogens is 506 g/mol. The summed E-state index contributed by atoms with van der Waals surface area (Å²) in [6.07, 6.45) is -0.666. The van der Waals surface area contributed by atoms with Gasteiger partial charge in [-0.15, -0.1) is 11.3 Å². The number of hydrogen-bond donors (Lipinski definition) is 0. The first kappa shape index (κ1) is 27.0. The van der Waals surface area contributed by atoms with Crippen molar-refractivity contribution in [1.29, 1.82) is 0 Å². The fraction of sp³-hybridized carbons (Fsp3) is 0.444. The van der Waals surface area contributed by atoms with Gasteiger partial charge in [-0.1, -0.05) is 32.4 Å². The minimum atomic E-state index is -4.47. The number of carbonyl (C=O) groups is 1. The van der Waals surface area contributed by atoms with Gasteiger partial charge in [-0.05, 0) is 55.4 Å². The van der Waals surface area contributed by atoms with Crippen LogP contribution in [0.4, 0.5) is 17.6 Å². The van der Waals surface area contributed by atoms with E-state index in [2.05, 4.69) is 9.97 Å². The standard InChI is InChI=1S/C25H23F4N3O2S.C2H6.2H2/c1-14-31-22(23(35-14)15-5-8-18(26)9-6-15)24(33)32-12-16-3-2-4-19(16)20(32)13-34-21-10-7-17(11-30-21)25(27,28)29;1-2;;/h5-11,16,19-20H,2-4,12-13H2,1H3;1-2H3;2*1H. The molecular formula is C27H33F4N3O2S. The van der Waals surface area contributed by atoms with Crippen LogP contribution in [0.3, 0.4) is 0 Å². The van der Waals surface area contributed by atoms with Gasteiger partial charge in [0.15, 0.2) is 0 Å². The molecule has 2 fully saturated rings. The van der Waals surface area contributed by atoms with E-state index in [9.17, 15) is 22.4 Å². The average Bonchev–Trinajstić information content (AvgIpc) is 3.59. The van der Waals surface area contributed by atoms with Crippen molar-refractivity contribution in [3.63, 3.8) is 0 Å². The number of amides is 1. The van der Waals surface area contributed by atoms with Crippen molar-refractivity contribution in [2.45, 2.75) is 52.3 Å². The van der Waals surface area contributed by atoms with Crippen molar-refractivity contribution < 1.29 is 29.9 Å². The average molecular weight is 540 g/mol. The Bertz CT molecular complexity index is 1220. The third-order valence-corrected chi connectivity index (χ3v) is 7.83. The molecule has 3 unspecified atom stereocenters. The predicted octanol–water partition coefficient (Wildman–Crippen LogP) is 7.51. The summed E-state index contributed by atoms with van der Waals surface area (Å²) in [5, 5.41) is 0.730. The Morgan fingerprint density at radius 2 is 1.89 bits per heavy atom. The second kappa shape index (κ2) is 11.2. The Kier molecular flexibility index (Phi) is 8.16. The zero-order valence-electron chi connectivity index (χ0n) is 20.9. The van der Waals surface area contributed by atoms with Gasteiger partial charge < -0.3 is 9.64 Å². The van der Waals surface area contributed by atoms with E-state index < -0.39 is 11.7 Å². The Labute approximate surface area is 220 Å². The Balaban J connectivity index is 0.00000130. The number of nitrogens with zero attached hydrogens (tertiary/aromatic N) is 3. The number of ether oxygens (including phenoxy) is 1. The number of halogens is 4. The lowest BCUT2D eigenvalue weighted by molar-refractivity contribution is -0.137. The highest BCUT2D eigenvalue weighted by Gasteiger charge is 2.47. The van der Waals surface area contributed by atoms with Crippen LogP contribution in [0.5, 0.6) is 5.88 Å². The molecule has 1 aliphatic carbocycles. The molecule has 3 atom stereocenters. The van der Waals surface area contributed by atoms with Crippen molar-refractivity contribution in [2.75, 3.05) is 13.2 Å². The summed E-state index contributed by atoms with van der Waals surface area (Å²) < 4.78 is 57.7. The third-order valence-electron chi connectivity index (χ3n) is 6.81. The van der Waals surface area contributed by atoms with Gasteiger partial charge in [0.05, 0.1) is 21.5 Å². The molecule has 1 aromatic carbocycles. The van der Waals surface area contributed by atoms with Gasteiger partial charge in [0.25, 0.3) is 5.91 Å². The fourth-order valence-corrected chi connectivity index (χ4v) is 6.09. The van der Waals surface area contributed by atoms with Crippen molar-refractivity contribution >= 4 is 17.2 Å². The maximum atomic E-state index is 13.7. The zero-order chi connectivity index (χ0) is 26.7. The SMILES string of the molecule is CC.Cc1nc(C(=O)N2CC3CCCC3C2COc2ccc(C(F)(F)F)cn2)c(-c2ccc(F)cc2)s1.[HH].[HH]. The van der Waals surface area contributed by atoms with Crippen LogP contribution in [-0.2, 0) is 6.18 Å². The minimum absolute atomic E-state index is 0. The first-order valence-corrected chi connectivity index (χ1v) is 13.2. The number of pyridine rings is 1. The number of benzene rings is 1. The van der Waals surface area contributed by atoms with Crippen molar-refractivity contribution in [3.8, 4) is 16.3 Å². The molecule has 0 radical (unpaired) electrons. The largest absolute Gasteiger partial charge is 0.475 e. The smallest absolute Gasteiger partial charge is 0.417 e. The monoisotopic (exact) mass is 539 g/mol. The molecule has 5 rings (SSSR count). The van der Waals surface area contributed by atoms with Crippen LogP contribution in [0.25, 0.3) is 10.4 Å². The molecule has 0 spiro atoms. The van der Waals surface area contributed by atoms with Crippen LogP contribution in [0, 0.1) is 24.6 Å². The quantitative estimate of drug-likeness (QED) is 0.315. The summed E-state index contributed by atoms with van der Waals surface area (Å²) in [5.74, 6) is 0.120. The highest BCUT2D eigenvalue weighted by atomic mass is 32.1. The van der Waals surface area contributed by atoms with Gasteiger partial charge in [-0.25, -0.2) is 14.4 Å². The molecule has 1 amide bonds. The van der Waals surface area contributed by atoms with Crippen LogP contribution in [-0.4, -0.2) is 40.0 Å². The summed E-state index contributed by atoms with van der Waals surface area (Å²) >= 11 is 1.38. The second-order valence-electron chi connectivity index (χ2n) is 8.99. The van der Waals surface area contributed by atoms with Crippen molar-refractivity contribution in [1.82, 2.24) is 14.9 Å². The van der Waals surface area contributed by atoms with E-state index in [1.54, 1.807) is 17.0 Å². The molecule has 5 nitrogen and oxygen atoms in total. The Morgan fingerprint density at radius 1 is 1.16 bits per heavy atom. The van der Waals surface area contributed by atoms with Gasteiger partial charge in [-0.3, -0.25) is 4.79 Å². The molecule has 1 aliphatic heterocycles. The summed E-state index contributed by atoms with van der Waals surface area (Å²) in [7, 11) is 0. The van der Waals surface area contributed by atoms with E-state index in [-0.39, 0.29) is 39.0 Å². The van der Waals surface area contributed by atoms with Gasteiger partial charge in [0.2, 0.25) is 5.88 Å². The first-order valence-electron chi connectivity index (χ1n) is 12.4. The van der Waals surface area contributed by atoms with Gasteiger partial charge >= 0.3 is 6.18 Å². The van der Waals surface area contributed by atoms with Crippen LogP contribution in [0.1, 0.15) is 57.0 Å². The van der Waals surface area contributed by atoms with Gasteiger partial charge in [0, 0.05) is 21.7 Å². The van der Waals surface area contributed by atoms with Crippen molar-refractivity contribution in [3.05, 3.63) is 64.7 Å². The molecule has 202 valence electrons. The highest BCUT2D eigenvalue weighted by molar-refractivity contribution is 7.15. The van der Waals surface area contributed by atoms with E-state index in [4.69, 9.17) is 4.74 Å². The molecule has 1 saturated heterocycles. The van der Waals surface area contributed by atoms with Crippen molar-refractivity contribution in [2.24, 2.45) is 11.8 Å². The lowest BCUT2D eigenvalue weighted by atomic mass is 9.94. The molecule has 2 aromatic heterocycles. The number of carbonyl (C=O) groups excluding carboxylic acids is 1. The predicted molar refractivity (Wildman–Crippen MR) is 138 cm³/mol. The third kappa shape index (κ3) is 5.79. The molecule has 3 heterocycles. The number of thiazole rings is 1. The second-order valence-corrected chi connectivity index (χ2v) is 10.2. The van der Waals surface area contributed by atoms with Crippen LogP contribution >= 0.6 is 11.3 Å². The molecule has 1 saturated carbocycles. The topological polar surface area (TPSA) is 55.3 Å². The van der Waals surface area contributed by atoms with E-state index in [1.165, 1.54) is 29.5 Å². The molecule has 0 N–H and O–H groups in total. The summed E-state index contributed by atoms with van der Waals surface area (Å²) in [4.78, 5) is 24.5. The zero-order valence-corrected chi connectivity index (χ0v) is 21.7. The number of alkyl halides is 3. The van der Waals surface area contributed by atoms with Crippen LogP contribution in [0.15, 0.2) is 42.6 Å². The molecule has 37 heavy (non-hydrogen) atoms. The fourth-order valence-electron chi connectivity index (χ4n) is 5.17. The van der Waals surface area contributed by atoms with E-state index >= 15 is 0 Å². The molecule has 3 aromatic rings. The summed E-state index contributed by atoms with van der Waals surface area (Å²) in [6.45, 7) is 6.54. The maximum absolute atomic E-state index is 13.7. The van der Waals surface area contributed by atoms with E-state index in [0.717, 1.165) is 42.1 Å². The highest BCUT2D eigenvalue weighted by Crippen LogP contribution is 2.43. The Morgan fingerprint density at radius 3 is 2.54 bits per heavy atom. The van der Waals surface area contributed by atoms with Crippen LogP contribution < -0.4 is 4.74 Å². The van der Waals surface area contributed by atoms with Crippen LogP contribution in [0.2, 0.25) is 0 Å². The number of aryl methyl sites for hydroxylation is 1. The number of likely N-dealkylation sites (tertiary alicyclic amines) is 1. The molecule has 10 heteroatoms. The lowest BCUT2D eigenvalue weighted by Gasteiger charge is -2.27. The maximum Gasteiger partial charge on any atom is 0.417 e. The normalized spacial score (nSPS) is 20.8. The number of rotatable bonds is 5. The number of hydrogen-bond acceptors (Lipinski definition) is 5. The number of aromatic nitrogens is 2. The lowest BCUT2D eigenvalue weighted by Crippen LogP contribution is -2.42. The Hall–Kier alpha value is -3.01. The van der Waals surface area contributed by atoms with E-state index in [1.807, 2.05) is 20.8 Å². The summed E-state index contributed by atoms with van der Waals surface area (Å²) in [5.41, 5.74) is 0.212. The minimum Gasteiger partial charge on any atom is -0.475 e.